The van der Waals surface area contributed by atoms with Crippen molar-refractivity contribution in [2.45, 2.75) is 6.92 Å². The standard InChI is InChI=1S/C16H31NO7/c1-3-19-6-7-21-10-11-23-14-15-24-13-12-22-9-8-20-5-4-17-16(2)18/h3H,1,4-15H2,2H3,(H,17,18). The average Bonchev–Trinajstić information content (AvgIpc) is 2.56. The zero-order chi connectivity index (χ0) is 17.7. The van der Waals surface area contributed by atoms with Crippen molar-refractivity contribution in [1.29, 1.82) is 0 Å². The van der Waals surface area contributed by atoms with Crippen LogP contribution in [0.2, 0.25) is 0 Å². The molecule has 0 aromatic carbocycles. The van der Waals surface area contributed by atoms with Crippen LogP contribution in [0.3, 0.4) is 0 Å². The van der Waals surface area contributed by atoms with Crippen molar-refractivity contribution in [3.63, 3.8) is 0 Å². The molecule has 0 radical (unpaired) electrons. The Morgan fingerprint density at radius 3 is 1.50 bits per heavy atom. The van der Waals surface area contributed by atoms with Gasteiger partial charge in [0.25, 0.3) is 0 Å². The molecule has 8 heteroatoms. The van der Waals surface area contributed by atoms with Gasteiger partial charge in [-0.3, -0.25) is 4.79 Å². The number of hydrogen-bond acceptors (Lipinski definition) is 7. The highest BCUT2D eigenvalue weighted by atomic mass is 16.6. The molecule has 1 amide bonds. The molecule has 0 aliphatic rings. The average molecular weight is 349 g/mol. The van der Waals surface area contributed by atoms with Crippen LogP contribution in [0.15, 0.2) is 12.8 Å². The highest BCUT2D eigenvalue weighted by molar-refractivity contribution is 5.72. The maximum absolute atomic E-state index is 10.6. The number of amides is 1. The molecular formula is C16H31NO7. The molecule has 24 heavy (non-hydrogen) atoms. The lowest BCUT2D eigenvalue weighted by molar-refractivity contribution is -0.119. The Kier molecular flexibility index (Phi) is 18.9. The van der Waals surface area contributed by atoms with E-state index >= 15 is 0 Å². The van der Waals surface area contributed by atoms with Gasteiger partial charge in [-0.05, 0) is 0 Å². The van der Waals surface area contributed by atoms with E-state index < -0.39 is 0 Å². The number of hydrogen-bond donors (Lipinski definition) is 1. The van der Waals surface area contributed by atoms with Crippen LogP contribution in [0.5, 0.6) is 0 Å². The van der Waals surface area contributed by atoms with E-state index in [9.17, 15) is 4.79 Å². The number of rotatable bonds is 19. The zero-order valence-electron chi connectivity index (χ0n) is 14.6. The van der Waals surface area contributed by atoms with Gasteiger partial charge in [-0.15, -0.1) is 0 Å². The van der Waals surface area contributed by atoms with Crippen LogP contribution in [0.25, 0.3) is 0 Å². The van der Waals surface area contributed by atoms with Crippen molar-refractivity contribution in [1.82, 2.24) is 5.32 Å². The molecule has 0 heterocycles. The summed E-state index contributed by atoms with van der Waals surface area (Å²) in [7, 11) is 0. The molecule has 142 valence electrons. The highest BCUT2D eigenvalue weighted by Gasteiger charge is 1.94. The summed E-state index contributed by atoms with van der Waals surface area (Å²) in [5, 5.41) is 2.65. The van der Waals surface area contributed by atoms with Crippen molar-refractivity contribution in [2.75, 3.05) is 79.2 Å². The second kappa shape index (κ2) is 19.9. The molecule has 0 rings (SSSR count). The number of carbonyl (C=O) groups excluding carboxylic acids is 1. The van der Waals surface area contributed by atoms with Gasteiger partial charge in [-0.1, -0.05) is 6.58 Å². The predicted octanol–water partition coefficient (Wildman–Crippen LogP) is 0.366. The van der Waals surface area contributed by atoms with Crippen molar-refractivity contribution in [2.24, 2.45) is 0 Å². The lowest BCUT2D eigenvalue weighted by atomic mass is 10.6. The van der Waals surface area contributed by atoms with Gasteiger partial charge in [-0.25, -0.2) is 0 Å². The summed E-state index contributed by atoms with van der Waals surface area (Å²) in [6.45, 7) is 11.1. The van der Waals surface area contributed by atoms with Gasteiger partial charge in [0.1, 0.15) is 6.61 Å². The first-order valence-electron chi connectivity index (χ1n) is 8.13. The highest BCUT2D eigenvalue weighted by Crippen LogP contribution is 1.84. The summed E-state index contributed by atoms with van der Waals surface area (Å²) < 4.78 is 31.5. The molecule has 0 saturated heterocycles. The van der Waals surface area contributed by atoms with Crippen LogP contribution in [0.1, 0.15) is 6.92 Å². The Morgan fingerprint density at radius 2 is 1.12 bits per heavy atom. The lowest BCUT2D eigenvalue weighted by Gasteiger charge is -2.08. The summed E-state index contributed by atoms with van der Waals surface area (Å²) >= 11 is 0. The molecule has 0 spiro atoms. The predicted molar refractivity (Wildman–Crippen MR) is 88.9 cm³/mol. The quantitative estimate of drug-likeness (QED) is 0.266. The van der Waals surface area contributed by atoms with Gasteiger partial charge in [-0.2, -0.15) is 0 Å². The lowest BCUT2D eigenvalue weighted by Crippen LogP contribution is -2.25. The second-order valence-corrected chi connectivity index (χ2v) is 4.58. The number of nitrogens with one attached hydrogen (secondary N) is 1. The van der Waals surface area contributed by atoms with E-state index in [-0.39, 0.29) is 5.91 Å². The fourth-order valence-electron chi connectivity index (χ4n) is 1.47. The third-order valence-electron chi connectivity index (χ3n) is 2.57. The molecule has 0 fully saturated rings. The molecule has 0 saturated carbocycles. The van der Waals surface area contributed by atoms with Gasteiger partial charge in [0, 0.05) is 13.5 Å². The third kappa shape index (κ3) is 20.8. The van der Waals surface area contributed by atoms with E-state index in [0.717, 1.165) is 0 Å². The van der Waals surface area contributed by atoms with E-state index in [1.54, 1.807) is 0 Å². The van der Waals surface area contributed by atoms with Gasteiger partial charge in [0.15, 0.2) is 0 Å². The molecule has 0 unspecified atom stereocenters. The molecule has 0 bridgehead atoms. The van der Waals surface area contributed by atoms with Crippen LogP contribution in [-0.4, -0.2) is 85.1 Å². The van der Waals surface area contributed by atoms with Crippen molar-refractivity contribution in [3.8, 4) is 0 Å². The van der Waals surface area contributed by atoms with E-state index in [2.05, 4.69) is 11.9 Å². The minimum Gasteiger partial charge on any atom is -0.499 e. The number of carbonyl (C=O) groups is 1. The van der Waals surface area contributed by atoms with Crippen LogP contribution >= 0.6 is 0 Å². The first-order valence-corrected chi connectivity index (χ1v) is 8.13. The molecule has 0 aromatic heterocycles. The van der Waals surface area contributed by atoms with E-state index in [1.165, 1.54) is 13.2 Å². The minimum absolute atomic E-state index is 0.0541. The van der Waals surface area contributed by atoms with Crippen LogP contribution in [-0.2, 0) is 33.2 Å². The Balaban J connectivity index is 2.98. The second-order valence-electron chi connectivity index (χ2n) is 4.58. The first kappa shape index (κ1) is 22.8. The van der Waals surface area contributed by atoms with Gasteiger partial charge in [0.05, 0.1) is 72.3 Å². The summed E-state index contributed by atoms with van der Waals surface area (Å²) in [6.07, 6.45) is 1.39. The summed E-state index contributed by atoms with van der Waals surface area (Å²) in [5.74, 6) is -0.0541. The maximum Gasteiger partial charge on any atom is 0.216 e. The molecule has 0 aliphatic heterocycles. The molecule has 0 aromatic rings. The molecular weight excluding hydrogens is 318 g/mol. The number of ether oxygens (including phenoxy) is 6. The van der Waals surface area contributed by atoms with Crippen molar-refractivity contribution in [3.05, 3.63) is 12.8 Å². The minimum atomic E-state index is -0.0541. The Morgan fingerprint density at radius 1 is 0.750 bits per heavy atom. The van der Waals surface area contributed by atoms with Gasteiger partial charge >= 0.3 is 0 Å². The van der Waals surface area contributed by atoms with Crippen molar-refractivity contribution < 1.29 is 33.2 Å². The fraction of sp³-hybridized carbons (Fsp3) is 0.812. The molecule has 0 atom stereocenters. The van der Waals surface area contributed by atoms with Crippen LogP contribution in [0, 0.1) is 0 Å². The summed E-state index contributed by atoms with van der Waals surface area (Å²) in [6, 6.07) is 0. The monoisotopic (exact) mass is 349 g/mol. The van der Waals surface area contributed by atoms with E-state index in [0.29, 0.717) is 79.2 Å². The first-order chi connectivity index (χ1) is 11.8. The Bertz CT molecular complexity index is 290. The fourth-order valence-corrected chi connectivity index (χ4v) is 1.47. The Hall–Kier alpha value is -1.19. The van der Waals surface area contributed by atoms with E-state index in [1.807, 2.05) is 0 Å². The normalized spacial score (nSPS) is 10.5. The van der Waals surface area contributed by atoms with Gasteiger partial charge < -0.3 is 33.7 Å². The SMILES string of the molecule is C=COCCOCCOCCOCCOCCOCCNC(C)=O. The van der Waals surface area contributed by atoms with E-state index in [4.69, 9.17) is 28.4 Å². The topological polar surface area (TPSA) is 84.5 Å². The Labute approximate surface area is 144 Å². The maximum atomic E-state index is 10.6. The summed E-state index contributed by atoms with van der Waals surface area (Å²) in [4.78, 5) is 10.6. The third-order valence-corrected chi connectivity index (χ3v) is 2.57. The molecule has 8 nitrogen and oxygen atoms in total. The molecule has 0 aliphatic carbocycles. The van der Waals surface area contributed by atoms with Crippen molar-refractivity contribution >= 4 is 5.91 Å². The zero-order valence-corrected chi connectivity index (χ0v) is 14.6. The molecule has 1 N–H and O–H groups in total. The van der Waals surface area contributed by atoms with Crippen LogP contribution in [0.4, 0.5) is 0 Å². The summed E-state index contributed by atoms with van der Waals surface area (Å²) in [5.41, 5.74) is 0. The smallest absolute Gasteiger partial charge is 0.216 e. The van der Waals surface area contributed by atoms with Crippen LogP contribution < -0.4 is 5.32 Å². The largest absolute Gasteiger partial charge is 0.499 e. The van der Waals surface area contributed by atoms with Gasteiger partial charge in [0.2, 0.25) is 5.91 Å².